The van der Waals surface area contributed by atoms with Crippen LogP contribution in [0.4, 0.5) is 94.1 Å². The lowest BCUT2D eigenvalue weighted by Crippen LogP contribution is -2.39. The predicted molar refractivity (Wildman–Crippen MR) is 536 cm³/mol. The van der Waals surface area contributed by atoms with Crippen LogP contribution in [0.1, 0.15) is 0 Å². The molecule has 744 valence electrons. The number of benzene rings is 12. The highest BCUT2D eigenvalue weighted by atomic mass is 35.5. The van der Waals surface area contributed by atoms with Gasteiger partial charge in [-0.2, -0.15) is 0 Å². The van der Waals surface area contributed by atoms with Gasteiger partial charge in [-0.25, -0.2) is 0 Å². The molecule has 0 atom stereocenters. The van der Waals surface area contributed by atoms with E-state index in [1.807, 2.05) is 0 Å². The van der Waals surface area contributed by atoms with Gasteiger partial charge in [-0.05, 0) is 146 Å². The van der Waals surface area contributed by atoms with Crippen molar-refractivity contribution >= 4 is 391 Å². The molecule has 12 aromatic rings. The Kier molecular flexibility index (Phi) is 86.8. The van der Waals surface area contributed by atoms with Crippen molar-refractivity contribution < 1.29 is 86.2 Å². The highest BCUT2D eigenvalue weighted by Crippen LogP contribution is 2.41. The summed E-state index contributed by atoms with van der Waals surface area (Å²) in [7, 11) is -19.0. The van der Waals surface area contributed by atoms with Crippen LogP contribution in [0, 0.1) is 64.7 Å². The quantitative estimate of drug-likeness (QED) is 0.0773. The van der Waals surface area contributed by atoms with E-state index in [-0.39, 0.29) is 68.2 Å². The minimum absolute atomic E-state index is 0.214. The third-order valence-corrected chi connectivity index (χ3v) is 19.8. The van der Waals surface area contributed by atoms with E-state index in [0.717, 1.165) is 0 Å². The van der Waals surface area contributed by atoms with Crippen LogP contribution in [-0.4, -0.2) is 44.4 Å². The fraction of sp³-hybridized carbons (Fsp3) is 0. The zero-order valence-electron chi connectivity index (χ0n) is 69.2. The maximum Gasteiger partial charge on any atom is 0.421 e. The molecule has 36 nitrogen and oxygen atoms in total. The molecular weight excluding hydrogens is 2420 g/mol. The predicted octanol–water partition coefficient (Wildman–Crippen LogP) is 27.7. The fourth-order valence-corrected chi connectivity index (χ4v) is 12.7. The number of halogens is 30. The molecule has 0 spiro atoms. The summed E-state index contributed by atoms with van der Waals surface area (Å²) in [6.07, 6.45) is 0. The van der Waals surface area contributed by atoms with E-state index in [2.05, 4.69) is 59.7 Å². The summed E-state index contributed by atoms with van der Waals surface area (Å²) in [5.74, 6) is 0. The second kappa shape index (κ2) is 86.3. The Bertz CT molecular complexity index is 4980. The van der Waals surface area contributed by atoms with Crippen molar-refractivity contribution in [2.45, 2.75) is 0 Å². The number of diazo groups is 12. The van der Waals surface area contributed by atoms with Crippen LogP contribution < -0.4 is 60.3 Å². The van der Waals surface area contributed by atoms with Crippen LogP contribution >= 0.6 is 278 Å². The molecular formula is C72H36B6Cl24F6N24O12. The van der Waals surface area contributed by atoms with E-state index in [0.29, 0.717) is 121 Å². The summed E-state index contributed by atoms with van der Waals surface area (Å²) in [6.45, 7) is 0. The average molecular weight is 2460 g/mol. The molecule has 0 saturated heterocycles. The summed E-state index contributed by atoms with van der Waals surface area (Å²) < 4.78 is 59.3. The summed E-state index contributed by atoms with van der Waals surface area (Å²) in [5.41, 5.74) is 2.56. The van der Waals surface area contributed by atoms with Crippen LogP contribution in [0.2, 0.25) is 121 Å². The van der Waals surface area contributed by atoms with Gasteiger partial charge in [0.25, 0.3) is 0 Å². The molecule has 12 rings (SSSR count). The molecule has 72 heteroatoms. The Morgan fingerprint density at radius 1 is 0.125 bits per heavy atom. The third kappa shape index (κ3) is 68.5. The first-order valence-electron chi connectivity index (χ1n) is 34.7. The van der Waals surface area contributed by atoms with Gasteiger partial charge in [-0.3, -0.25) is 0 Å². The second-order valence-corrected chi connectivity index (χ2v) is 31.5. The molecule has 0 aliphatic carbocycles. The molecule has 0 fully saturated rings. The zero-order valence-corrected chi connectivity index (χ0v) is 87.4. The maximum atomic E-state index is 9.89. The highest BCUT2D eigenvalue weighted by molar-refractivity contribution is 6.46. The fourth-order valence-electron chi connectivity index (χ4n) is 7.01. The molecule has 0 bridgehead atoms. The summed E-state index contributed by atoms with van der Waals surface area (Å²) in [6, 6.07) is 58.6. The Morgan fingerprint density at radius 3 is 0.181 bits per heavy atom. The van der Waals surface area contributed by atoms with E-state index in [1.165, 1.54) is 0 Å². The first-order chi connectivity index (χ1) is 67.4. The number of nitrogens with zero attached hydrogens (tertiary/aromatic N) is 24. The van der Waals surface area contributed by atoms with Gasteiger partial charge < -0.3 is 86.2 Å². The standard InChI is InChI=1S/12C6H3Cl2N2.6BFO2/c12*7-4-2-1-3-5(8)6(4)10-9;6*2-1(3)4/h12*1-3H;;;;;;/q12*+1;6*-2. The molecule has 0 aliphatic rings. The van der Waals surface area contributed by atoms with Gasteiger partial charge in [0.2, 0.25) is 64.7 Å². The van der Waals surface area contributed by atoms with Crippen molar-refractivity contribution in [1.82, 2.24) is 0 Å². The topological polar surface area (TPSA) is 615 Å². The maximum absolute atomic E-state index is 9.89. The number of hydrogen-bond acceptors (Lipinski definition) is 24. The van der Waals surface area contributed by atoms with Crippen LogP contribution in [-0.2, 0) is 0 Å². The Morgan fingerprint density at radius 2 is 0.160 bits per heavy atom. The van der Waals surface area contributed by atoms with Gasteiger partial charge in [0.05, 0.1) is 0 Å². The third-order valence-electron chi connectivity index (χ3n) is 12.5. The lowest BCUT2D eigenvalue weighted by Gasteiger charge is -2.09. The van der Waals surface area contributed by atoms with Crippen LogP contribution in [0.25, 0.3) is 59.7 Å². The van der Waals surface area contributed by atoms with Crippen molar-refractivity contribution in [3.8, 4) is 0 Å². The first kappa shape index (κ1) is 145. The van der Waals surface area contributed by atoms with E-state index >= 15 is 0 Å². The SMILES string of the molecule is N#[N+]c1c(Cl)cccc1Cl.N#[N+]c1c(Cl)cccc1Cl.N#[N+]c1c(Cl)cccc1Cl.N#[N+]c1c(Cl)cccc1Cl.N#[N+]c1c(Cl)cccc1Cl.N#[N+]c1c(Cl)cccc1Cl.N#[N+]c1c(Cl)cccc1Cl.N#[N+]c1c(Cl)cccc1Cl.N#[N+]c1c(Cl)cccc1Cl.N#[N+]c1c(Cl)cccc1Cl.N#[N+]c1c(Cl)cccc1Cl.N#[N+]c1c(Cl)cccc1Cl.[O-]B([O-])F.[O-]B([O-])F.[O-]B([O-])F.[O-]B([O-])F.[O-]B([O-])F.[O-]B([O-])F. The molecule has 0 aromatic heterocycles. The molecule has 0 amide bonds. The van der Waals surface area contributed by atoms with Crippen LogP contribution in [0.15, 0.2) is 218 Å². The monoisotopic (exact) mass is 2450 g/mol. The molecule has 0 aliphatic heterocycles. The minimum Gasteiger partial charge on any atom is -0.867 e. The molecule has 0 saturated carbocycles. The molecule has 0 radical (unpaired) electrons. The average Bonchev–Trinajstić information content (AvgIpc) is 0.968. The Balaban J connectivity index is -0.000000353. The Hall–Kier alpha value is -9.87. The van der Waals surface area contributed by atoms with Gasteiger partial charge in [-0.15, -0.1) is 0 Å². The lowest BCUT2D eigenvalue weighted by atomic mass is 10.3. The molecule has 0 unspecified atom stereocenters. The zero-order chi connectivity index (χ0) is 112. The van der Waals surface area contributed by atoms with Gasteiger partial charge in [0.15, 0.2) is 59.7 Å². The molecule has 12 aromatic carbocycles. The Labute approximate surface area is 931 Å². The normalized spacial score (nSPS) is 8.54. The van der Waals surface area contributed by atoms with Crippen LogP contribution in [0.3, 0.4) is 0 Å². The minimum atomic E-state index is -3.17. The molecule has 0 N–H and O–H groups in total. The second-order valence-electron chi connectivity index (χ2n) is 21.7. The van der Waals surface area contributed by atoms with E-state index in [1.54, 1.807) is 218 Å². The summed E-state index contributed by atoms with van der Waals surface area (Å²) in [4.78, 5) is 34.9. The summed E-state index contributed by atoms with van der Waals surface area (Å²) in [5, 5.41) is 208. The van der Waals surface area contributed by atoms with Gasteiger partial charge in [0, 0.05) is 0 Å². The summed E-state index contributed by atoms with van der Waals surface area (Å²) >= 11 is 134. The molecule has 0 heterocycles. The van der Waals surface area contributed by atoms with Crippen molar-refractivity contribution in [2.75, 3.05) is 0 Å². The largest absolute Gasteiger partial charge is 0.867 e. The van der Waals surface area contributed by atoms with Crippen LogP contribution in [0.5, 0.6) is 0 Å². The van der Waals surface area contributed by atoms with Gasteiger partial charge in [0.1, 0.15) is 165 Å². The first-order valence-corrected chi connectivity index (χ1v) is 43.8. The number of hydrogen-bond donors (Lipinski definition) is 0. The lowest BCUT2D eigenvalue weighted by molar-refractivity contribution is -0.368. The molecule has 144 heavy (non-hydrogen) atoms. The van der Waals surface area contributed by atoms with E-state index < -0.39 is 44.4 Å². The highest BCUT2D eigenvalue weighted by Gasteiger charge is 2.24. The smallest absolute Gasteiger partial charge is 0.421 e. The van der Waals surface area contributed by atoms with Gasteiger partial charge >= 0.3 is 68.2 Å². The van der Waals surface area contributed by atoms with Crippen molar-refractivity contribution in [2.24, 2.45) is 0 Å². The van der Waals surface area contributed by atoms with Crippen molar-refractivity contribution in [3.63, 3.8) is 0 Å². The number of rotatable bonds is 0. The van der Waals surface area contributed by atoms with E-state index in [4.69, 9.17) is 403 Å². The van der Waals surface area contributed by atoms with Crippen molar-refractivity contribution in [1.29, 1.82) is 64.7 Å². The van der Waals surface area contributed by atoms with Crippen molar-refractivity contribution in [3.05, 3.63) is 399 Å². The van der Waals surface area contributed by atoms with E-state index in [9.17, 15) is 25.9 Å². The van der Waals surface area contributed by atoms with Gasteiger partial charge in [-0.1, -0.05) is 351 Å².